The van der Waals surface area contributed by atoms with Crippen LogP contribution in [-0.4, -0.2) is 42.0 Å². The van der Waals surface area contributed by atoms with Gasteiger partial charge in [0.1, 0.15) is 10.7 Å². The molecule has 2 fully saturated rings. The van der Waals surface area contributed by atoms with Crippen LogP contribution < -0.4 is 5.32 Å². The number of amides is 1. The molecule has 0 unspecified atom stereocenters. The third kappa shape index (κ3) is 2.53. The molecule has 1 N–H and O–H groups in total. The minimum absolute atomic E-state index is 0.0610. The Morgan fingerprint density at radius 2 is 1.91 bits per heavy atom. The van der Waals surface area contributed by atoms with Crippen LogP contribution in [0, 0.1) is 11.8 Å². The van der Waals surface area contributed by atoms with Gasteiger partial charge in [-0.1, -0.05) is 23.7 Å². The second-order valence-electron chi connectivity index (χ2n) is 5.93. The van der Waals surface area contributed by atoms with Gasteiger partial charge in [-0.05, 0) is 24.0 Å². The van der Waals surface area contributed by atoms with Crippen molar-refractivity contribution in [3.8, 4) is 10.6 Å². The standard InChI is InChI=1S/C16H16ClN3OS/c17-13-3-1-10(2-4-13)15-19-14(9-22-15)16(21)20-7-11-5-18-6-12(11)8-20/h1-4,9,11-12,18H,5-8H2/t11-,12+. The highest BCUT2D eigenvalue weighted by atomic mass is 35.5. The van der Waals surface area contributed by atoms with Crippen molar-refractivity contribution in [2.75, 3.05) is 26.2 Å². The molecule has 6 heteroatoms. The lowest BCUT2D eigenvalue weighted by molar-refractivity contribution is 0.0777. The van der Waals surface area contributed by atoms with Crippen molar-refractivity contribution >= 4 is 28.8 Å². The Kier molecular flexibility index (Phi) is 3.64. The second-order valence-corrected chi connectivity index (χ2v) is 7.23. The van der Waals surface area contributed by atoms with Gasteiger partial charge in [-0.15, -0.1) is 11.3 Å². The highest BCUT2D eigenvalue weighted by Crippen LogP contribution is 2.29. The Bertz CT molecular complexity index is 688. The lowest BCUT2D eigenvalue weighted by Crippen LogP contribution is -2.32. The number of fused-ring (bicyclic) bond motifs is 1. The maximum Gasteiger partial charge on any atom is 0.273 e. The fourth-order valence-corrected chi connectivity index (χ4v) is 4.21. The molecule has 2 aromatic rings. The van der Waals surface area contributed by atoms with Crippen molar-refractivity contribution in [1.29, 1.82) is 0 Å². The first-order chi connectivity index (χ1) is 10.7. The summed E-state index contributed by atoms with van der Waals surface area (Å²) in [6.45, 7) is 3.76. The number of nitrogens with one attached hydrogen (secondary N) is 1. The van der Waals surface area contributed by atoms with Crippen LogP contribution in [0.2, 0.25) is 5.02 Å². The Balaban J connectivity index is 1.51. The smallest absolute Gasteiger partial charge is 0.273 e. The summed E-state index contributed by atoms with van der Waals surface area (Å²) in [6.07, 6.45) is 0. The van der Waals surface area contributed by atoms with Crippen LogP contribution in [0.5, 0.6) is 0 Å². The van der Waals surface area contributed by atoms with E-state index >= 15 is 0 Å². The number of benzene rings is 1. The van der Waals surface area contributed by atoms with Crippen LogP contribution in [-0.2, 0) is 0 Å². The minimum atomic E-state index is 0.0610. The SMILES string of the molecule is O=C(c1csc(-c2ccc(Cl)cc2)n1)N1C[C@H]2CNC[C@H]2C1. The second kappa shape index (κ2) is 5.65. The lowest BCUT2D eigenvalue weighted by Gasteiger charge is -2.15. The molecule has 22 heavy (non-hydrogen) atoms. The van der Waals surface area contributed by atoms with Gasteiger partial charge in [0, 0.05) is 42.1 Å². The zero-order valence-electron chi connectivity index (χ0n) is 12.0. The summed E-state index contributed by atoms with van der Waals surface area (Å²) < 4.78 is 0. The molecule has 2 aliphatic heterocycles. The molecule has 114 valence electrons. The normalized spacial score (nSPS) is 23.8. The molecule has 1 amide bonds. The van der Waals surface area contributed by atoms with Crippen LogP contribution in [0.3, 0.4) is 0 Å². The number of hydrogen-bond donors (Lipinski definition) is 1. The number of hydrogen-bond acceptors (Lipinski definition) is 4. The van der Waals surface area contributed by atoms with Gasteiger partial charge >= 0.3 is 0 Å². The molecule has 3 heterocycles. The summed E-state index contributed by atoms with van der Waals surface area (Å²) in [6, 6.07) is 7.55. The molecular formula is C16H16ClN3OS. The largest absolute Gasteiger partial charge is 0.337 e. The third-order valence-electron chi connectivity index (χ3n) is 4.49. The molecule has 1 aromatic heterocycles. The fourth-order valence-electron chi connectivity index (χ4n) is 3.28. The van der Waals surface area contributed by atoms with Gasteiger partial charge < -0.3 is 10.2 Å². The lowest BCUT2D eigenvalue weighted by atomic mass is 10.0. The molecule has 2 aliphatic rings. The van der Waals surface area contributed by atoms with E-state index in [0.29, 0.717) is 22.6 Å². The highest BCUT2D eigenvalue weighted by Gasteiger charge is 2.38. The molecule has 4 rings (SSSR count). The first-order valence-electron chi connectivity index (χ1n) is 7.42. The molecule has 0 saturated carbocycles. The van der Waals surface area contributed by atoms with E-state index in [1.165, 1.54) is 11.3 Å². The maximum atomic E-state index is 12.6. The van der Waals surface area contributed by atoms with E-state index in [4.69, 9.17) is 11.6 Å². The number of carbonyl (C=O) groups excluding carboxylic acids is 1. The van der Waals surface area contributed by atoms with Crippen LogP contribution in [0.25, 0.3) is 10.6 Å². The van der Waals surface area contributed by atoms with E-state index < -0.39 is 0 Å². The van der Waals surface area contributed by atoms with Crippen LogP contribution >= 0.6 is 22.9 Å². The summed E-state index contributed by atoms with van der Waals surface area (Å²) in [5.74, 6) is 1.28. The van der Waals surface area contributed by atoms with Crippen molar-refractivity contribution in [2.24, 2.45) is 11.8 Å². The molecule has 0 aliphatic carbocycles. The van der Waals surface area contributed by atoms with Gasteiger partial charge in [0.2, 0.25) is 0 Å². The van der Waals surface area contributed by atoms with Crippen molar-refractivity contribution < 1.29 is 4.79 Å². The number of thiazole rings is 1. The average molecular weight is 334 g/mol. The summed E-state index contributed by atoms with van der Waals surface area (Å²) in [5, 5.41) is 6.82. The van der Waals surface area contributed by atoms with E-state index in [1.807, 2.05) is 34.5 Å². The Morgan fingerprint density at radius 3 is 2.59 bits per heavy atom. The Labute approximate surface area is 138 Å². The summed E-state index contributed by atoms with van der Waals surface area (Å²) in [5.41, 5.74) is 1.55. The molecular weight excluding hydrogens is 318 g/mol. The van der Waals surface area contributed by atoms with E-state index in [0.717, 1.165) is 36.8 Å². The molecule has 0 bridgehead atoms. The number of aromatic nitrogens is 1. The molecule has 0 radical (unpaired) electrons. The van der Waals surface area contributed by atoms with Gasteiger partial charge in [-0.25, -0.2) is 4.98 Å². The van der Waals surface area contributed by atoms with E-state index in [2.05, 4.69) is 10.3 Å². The highest BCUT2D eigenvalue weighted by molar-refractivity contribution is 7.13. The van der Waals surface area contributed by atoms with Crippen molar-refractivity contribution in [3.05, 3.63) is 40.4 Å². The number of halogens is 1. The average Bonchev–Trinajstić information content (AvgIpc) is 3.22. The van der Waals surface area contributed by atoms with Crippen LogP contribution in [0.15, 0.2) is 29.6 Å². The number of likely N-dealkylation sites (tertiary alicyclic amines) is 1. The zero-order chi connectivity index (χ0) is 15.1. The third-order valence-corrected chi connectivity index (χ3v) is 5.63. The Hall–Kier alpha value is -1.43. The predicted molar refractivity (Wildman–Crippen MR) is 88.3 cm³/mol. The van der Waals surface area contributed by atoms with Crippen molar-refractivity contribution in [3.63, 3.8) is 0 Å². The summed E-state index contributed by atoms with van der Waals surface area (Å²) in [7, 11) is 0. The van der Waals surface area contributed by atoms with Crippen LogP contribution in [0.1, 0.15) is 10.5 Å². The van der Waals surface area contributed by atoms with E-state index in [9.17, 15) is 4.79 Å². The first-order valence-corrected chi connectivity index (χ1v) is 8.68. The van der Waals surface area contributed by atoms with E-state index in [-0.39, 0.29) is 5.91 Å². The number of rotatable bonds is 2. The quantitative estimate of drug-likeness (QED) is 0.919. The minimum Gasteiger partial charge on any atom is -0.337 e. The van der Waals surface area contributed by atoms with E-state index in [1.54, 1.807) is 0 Å². The van der Waals surface area contributed by atoms with Crippen LogP contribution in [0.4, 0.5) is 0 Å². The summed E-state index contributed by atoms with van der Waals surface area (Å²) in [4.78, 5) is 19.1. The molecule has 2 saturated heterocycles. The molecule has 2 atom stereocenters. The van der Waals surface area contributed by atoms with Gasteiger partial charge in [0.15, 0.2) is 0 Å². The molecule has 1 aromatic carbocycles. The first kappa shape index (κ1) is 14.2. The van der Waals surface area contributed by atoms with Gasteiger partial charge in [-0.3, -0.25) is 4.79 Å². The molecule has 0 spiro atoms. The topological polar surface area (TPSA) is 45.2 Å². The van der Waals surface area contributed by atoms with Crippen molar-refractivity contribution in [2.45, 2.75) is 0 Å². The Morgan fingerprint density at radius 1 is 1.23 bits per heavy atom. The van der Waals surface area contributed by atoms with Gasteiger partial charge in [0.25, 0.3) is 5.91 Å². The monoisotopic (exact) mass is 333 g/mol. The zero-order valence-corrected chi connectivity index (χ0v) is 13.5. The molecule has 4 nitrogen and oxygen atoms in total. The van der Waals surface area contributed by atoms with Gasteiger partial charge in [0.05, 0.1) is 0 Å². The van der Waals surface area contributed by atoms with Gasteiger partial charge in [-0.2, -0.15) is 0 Å². The fraction of sp³-hybridized carbons (Fsp3) is 0.375. The van der Waals surface area contributed by atoms with Crippen molar-refractivity contribution in [1.82, 2.24) is 15.2 Å². The number of carbonyl (C=O) groups is 1. The summed E-state index contributed by atoms with van der Waals surface area (Å²) >= 11 is 7.41. The maximum absolute atomic E-state index is 12.6. The predicted octanol–water partition coefficient (Wildman–Crippen LogP) is 2.75. The number of nitrogens with zero attached hydrogens (tertiary/aromatic N) is 2.